The molecule has 0 saturated heterocycles. The summed E-state index contributed by atoms with van der Waals surface area (Å²) in [6.45, 7) is 6.01. The van der Waals surface area contributed by atoms with E-state index in [9.17, 15) is 4.79 Å². The molecular formula is C11H18N4O2. The molecule has 17 heavy (non-hydrogen) atoms. The maximum Gasteiger partial charge on any atom is 0.254 e. The molecule has 0 radical (unpaired) electrons. The van der Waals surface area contributed by atoms with Crippen LogP contribution in [0.15, 0.2) is 6.20 Å². The minimum absolute atomic E-state index is 0.0776. The topological polar surface area (TPSA) is 104 Å². The monoisotopic (exact) mass is 238 g/mol. The van der Waals surface area contributed by atoms with Crippen molar-refractivity contribution >= 4 is 11.7 Å². The van der Waals surface area contributed by atoms with Gasteiger partial charge in [0.25, 0.3) is 5.91 Å². The lowest BCUT2D eigenvalue weighted by Crippen LogP contribution is -2.24. The van der Waals surface area contributed by atoms with Crippen LogP contribution in [-0.4, -0.2) is 23.0 Å². The molecule has 6 heteroatoms. The number of hydrogen-bond donors (Lipinski definition) is 2. The van der Waals surface area contributed by atoms with Gasteiger partial charge in [-0.15, -0.1) is 0 Å². The first-order valence-electron chi connectivity index (χ1n) is 5.22. The fraction of sp³-hybridized carbons (Fsp3) is 0.545. The van der Waals surface area contributed by atoms with Gasteiger partial charge in [-0.25, -0.2) is 9.97 Å². The minimum Gasteiger partial charge on any atom is -0.383 e. The summed E-state index contributed by atoms with van der Waals surface area (Å²) in [5.74, 6) is -0.116. The summed E-state index contributed by atoms with van der Waals surface area (Å²) in [6, 6.07) is 0. The molecule has 1 rings (SSSR count). The first kappa shape index (κ1) is 13.4. The number of nitrogens with zero attached hydrogens (tertiary/aromatic N) is 2. The number of carbonyl (C=O) groups excluding carboxylic acids is 1. The average Bonchev–Trinajstić information content (AvgIpc) is 2.15. The molecule has 1 amide bonds. The minimum atomic E-state index is -0.640. The Hall–Kier alpha value is -1.69. The van der Waals surface area contributed by atoms with Gasteiger partial charge < -0.3 is 16.2 Å². The molecule has 0 saturated carbocycles. The zero-order chi connectivity index (χ0) is 13.2. The van der Waals surface area contributed by atoms with Crippen molar-refractivity contribution in [2.45, 2.75) is 26.9 Å². The third kappa shape index (κ3) is 2.91. The summed E-state index contributed by atoms with van der Waals surface area (Å²) >= 11 is 0. The first-order valence-corrected chi connectivity index (χ1v) is 5.22. The molecule has 1 aromatic rings. The fourth-order valence-corrected chi connectivity index (χ4v) is 1.57. The number of nitrogen functional groups attached to an aromatic ring is 1. The highest BCUT2D eigenvalue weighted by Gasteiger charge is 2.29. The standard InChI is InChI=1S/C11H18N4O2/c1-11(2,3)7(17-4)10-14-5-6(9(13)16)8(12)15-10/h5,7H,1-4H3,(H2,13,16)(H2,12,14,15). The van der Waals surface area contributed by atoms with E-state index in [0.29, 0.717) is 5.82 Å². The van der Waals surface area contributed by atoms with Crippen molar-refractivity contribution in [2.75, 3.05) is 12.8 Å². The van der Waals surface area contributed by atoms with Crippen LogP contribution in [-0.2, 0) is 4.74 Å². The smallest absolute Gasteiger partial charge is 0.254 e. The van der Waals surface area contributed by atoms with Crippen LogP contribution >= 0.6 is 0 Å². The molecule has 0 aliphatic heterocycles. The van der Waals surface area contributed by atoms with Crippen LogP contribution in [0.2, 0.25) is 0 Å². The highest BCUT2D eigenvalue weighted by atomic mass is 16.5. The fourth-order valence-electron chi connectivity index (χ4n) is 1.57. The zero-order valence-corrected chi connectivity index (χ0v) is 10.5. The molecule has 0 bridgehead atoms. The van der Waals surface area contributed by atoms with Gasteiger partial charge >= 0.3 is 0 Å². The third-order valence-corrected chi connectivity index (χ3v) is 2.36. The van der Waals surface area contributed by atoms with E-state index in [0.717, 1.165) is 0 Å². The van der Waals surface area contributed by atoms with Crippen molar-refractivity contribution in [3.8, 4) is 0 Å². The van der Waals surface area contributed by atoms with E-state index in [2.05, 4.69) is 9.97 Å². The van der Waals surface area contributed by atoms with Crippen LogP contribution in [0.1, 0.15) is 43.1 Å². The van der Waals surface area contributed by atoms with Crippen LogP contribution < -0.4 is 11.5 Å². The van der Waals surface area contributed by atoms with Gasteiger partial charge in [0.05, 0.1) is 5.56 Å². The van der Waals surface area contributed by atoms with E-state index < -0.39 is 5.91 Å². The van der Waals surface area contributed by atoms with E-state index >= 15 is 0 Å². The molecule has 6 nitrogen and oxygen atoms in total. The molecule has 0 fully saturated rings. The average molecular weight is 238 g/mol. The second kappa shape index (κ2) is 4.67. The number of aromatic nitrogens is 2. The van der Waals surface area contributed by atoms with E-state index in [1.54, 1.807) is 7.11 Å². The number of carbonyl (C=O) groups is 1. The number of ether oxygens (including phenoxy) is 1. The number of nitrogens with two attached hydrogens (primary N) is 2. The van der Waals surface area contributed by atoms with E-state index in [1.165, 1.54) is 6.20 Å². The van der Waals surface area contributed by atoms with Crippen LogP contribution in [0.4, 0.5) is 5.82 Å². The van der Waals surface area contributed by atoms with Crippen molar-refractivity contribution in [3.05, 3.63) is 17.6 Å². The summed E-state index contributed by atoms with van der Waals surface area (Å²) in [7, 11) is 1.58. The zero-order valence-electron chi connectivity index (χ0n) is 10.5. The predicted molar refractivity (Wildman–Crippen MR) is 64.2 cm³/mol. The number of primary amides is 1. The third-order valence-electron chi connectivity index (χ3n) is 2.36. The number of hydrogen-bond acceptors (Lipinski definition) is 5. The summed E-state index contributed by atoms with van der Waals surface area (Å²) in [5.41, 5.74) is 10.7. The Morgan fingerprint density at radius 2 is 2.06 bits per heavy atom. The summed E-state index contributed by atoms with van der Waals surface area (Å²) in [5, 5.41) is 0. The summed E-state index contributed by atoms with van der Waals surface area (Å²) in [4.78, 5) is 19.2. The predicted octanol–water partition coefficient (Wildman–Crippen LogP) is 0.891. The van der Waals surface area contributed by atoms with Gasteiger partial charge in [0.2, 0.25) is 0 Å². The number of anilines is 1. The van der Waals surface area contributed by atoms with Gasteiger partial charge in [-0.2, -0.15) is 0 Å². The Kier molecular flexibility index (Phi) is 3.67. The molecule has 1 unspecified atom stereocenters. The summed E-state index contributed by atoms with van der Waals surface area (Å²) in [6.07, 6.45) is 1.03. The molecule has 0 spiro atoms. The number of rotatable bonds is 3. The second-order valence-electron chi connectivity index (χ2n) is 4.87. The van der Waals surface area contributed by atoms with Crippen LogP contribution in [0.5, 0.6) is 0 Å². The molecule has 0 aliphatic rings. The van der Waals surface area contributed by atoms with Crippen molar-refractivity contribution in [2.24, 2.45) is 11.1 Å². The van der Waals surface area contributed by atoms with Gasteiger partial charge in [0.1, 0.15) is 11.9 Å². The van der Waals surface area contributed by atoms with Crippen molar-refractivity contribution in [1.29, 1.82) is 0 Å². The van der Waals surface area contributed by atoms with E-state index in [4.69, 9.17) is 16.2 Å². The maximum absolute atomic E-state index is 11.0. The Morgan fingerprint density at radius 1 is 1.47 bits per heavy atom. The van der Waals surface area contributed by atoms with Gasteiger partial charge in [-0.1, -0.05) is 20.8 Å². The normalized spacial score (nSPS) is 13.4. The largest absolute Gasteiger partial charge is 0.383 e. The second-order valence-corrected chi connectivity index (χ2v) is 4.87. The Labute approximate surface area is 100 Å². The van der Waals surface area contributed by atoms with Crippen LogP contribution in [0.3, 0.4) is 0 Å². The lowest BCUT2D eigenvalue weighted by atomic mass is 9.88. The first-order chi connectivity index (χ1) is 7.77. The summed E-state index contributed by atoms with van der Waals surface area (Å²) < 4.78 is 5.36. The van der Waals surface area contributed by atoms with Crippen molar-refractivity contribution in [1.82, 2.24) is 9.97 Å². The quantitative estimate of drug-likeness (QED) is 0.813. The molecule has 1 atom stereocenters. The molecule has 0 aliphatic carbocycles. The lowest BCUT2D eigenvalue weighted by molar-refractivity contribution is 0.00874. The van der Waals surface area contributed by atoms with Gasteiger partial charge in [0, 0.05) is 13.3 Å². The van der Waals surface area contributed by atoms with Crippen LogP contribution in [0.25, 0.3) is 0 Å². The molecule has 0 aromatic carbocycles. The van der Waals surface area contributed by atoms with Crippen LogP contribution in [0, 0.1) is 5.41 Å². The molecule has 4 N–H and O–H groups in total. The van der Waals surface area contributed by atoms with Gasteiger partial charge in [0.15, 0.2) is 5.82 Å². The number of amides is 1. The maximum atomic E-state index is 11.0. The van der Waals surface area contributed by atoms with Crippen molar-refractivity contribution < 1.29 is 9.53 Å². The SMILES string of the molecule is COC(c1ncc(C(N)=O)c(N)n1)C(C)(C)C. The molecule has 1 heterocycles. The molecule has 1 aromatic heterocycles. The van der Waals surface area contributed by atoms with Crippen molar-refractivity contribution in [3.63, 3.8) is 0 Å². The highest BCUT2D eigenvalue weighted by Crippen LogP contribution is 2.33. The molecule has 94 valence electrons. The Bertz CT molecular complexity index is 426. The van der Waals surface area contributed by atoms with E-state index in [-0.39, 0.29) is 22.9 Å². The lowest BCUT2D eigenvalue weighted by Gasteiger charge is -2.28. The Morgan fingerprint density at radius 3 is 2.41 bits per heavy atom. The number of methoxy groups -OCH3 is 1. The van der Waals surface area contributed by atoms with Gasteiger partial charge in [-0.05, 0) is 5.41 Å². The van der Waals surface area contributed by atoms with Gasteiger partial charge in [-0.3, -0.25) is 4.79 Å². The molecular weight excluding hydrogens is 220 g/mol. The Balaban J connectivity index is 3.16. The van der Waals surface area contributed by atoms with E-state index in [1.807, 2.05) is 20.8 Å². The highest BCUT2D eigenvalue weighted by molar-refractivity contribution is 5.96.